The van der Waals surface area contributed by atoms with Crippen molar-refractivity contribution in [2.45, 2.75) is 19.2 Å². The molecule has 0 aliphatic carbocycles. The maximum absolute atomic E-state index is 12.3. The molecule has 0 aromatic heterocycles. The van der Waals surface area contributed by atoms with Gasteiger partial charge in [-0.2, -0.15) is 13.2 Å². The molecule has 0 spiro atoms. The van der Waals surface area contributed by atoms with Crippen molar-refractivity contribution in [3.63, 3.8) is 0 Å². The van der Waals surface area contributed by atoms with Gasteiger partial charge in [0.15, 0.2) is 6.10 Å². The number of carbonyl (C=O) groups is 1. The number of aliphatic hydroxyl groups is 1. The van der Waals surface area contributed by atoms with Crippen LogP contribution in [0.2, 0.25) is 0 Å². The van der Waals surface area contributed by atoms with Crippen molar-refractivity contribution in [1.82, 2.24) is 0 Å². The molecule has 104 valence electrons. The van der Waals surface area contributed by atoms with Crippen LogP contribution in [0.15, 0.2) is 30.3 Å². The van der Waals surface area contributed by atoms with Crippen LogP contribution in [0.4, 0.5) is 13.2 Å². The largest absolute Gasteiger partial charge is 0.464 e. The molecular formula is C13H13F3O3. The first-order valence-corrected chi connectivity index (χ1v) is 5.54. The highest BCUT2D eigenvalue weighted by molar-refractivity contribution is 5.78. The third-order valence-electron chi connectivity index (χ3n) is 2.24. The SMILES string of the molecule is CCOC(=O)[C@H](O)/C=C/c1ccc(C(F)(F)F)cc1. The molecule has 1 atom stereocenters. The predicted molar refractivity (Wildman–Crippen MR) is 63.1 cm³/mol. The van der Waals surface area contributed by atoms with Crippen LogP contribution in [0.3, 0.4) is 0 Å². The number of carbonyl (C=O) groups excluding carboxylic acids is 1. The average molecular weight is 274 g/mol. The van der Waals surface area contributed by atoms with Crippen LogP contribution >= 0.6 is 0 Å². The molecular weight excluding hydrogens is 261 g/mol. The van der Waals surface area contributed by atoms with Gasteiger partial charge < -0.3 is 9.84 Å². The summed E-state index contributed by atoms with van der Waals surface area (Å²) in [6, 6.07) is 4.35. The molecule has 0 aliphatic heterocycles. The van der Waals surface area contributed by atoms with Gasteiger partial charge in [0.1, 0.15) is 0 Å². The molecule has 1 aromatic carbocycles. The van der Waals surface area contributed by atoms with E-state index < -0.39 is 23.8 Å². The second kappa shape index (κ2) is 6.38. The molecule has 0 amide bonds. The number of rotatable bonds is 4. The van der Waals surface area contributed by atoms with Crippen molar-refractivity contribution in [3.8, 4) is 0 Å². The minimum atomic E-state index is -4.38. The Balaban J connectivity index is 2.70. The fraction of sp³-hybridized carbons (Fsp3) is 0.308. The molecule has 0 heterocycles. The van der Waals surface area contributed by atoms with Gasteiger partial charge in [0.25, 0.3) is 0 Å². The minimum Gasteiger partial charge on any atom is -0.464 e. The first kappa shape index (κ1) is 15.2. The van der Waals surface area contributed by atoms with Gasteiger partial charge in [-0.25, -0.2) is 4.79 Å². The Labute approximate surface area is 108 Å². The summed E-state index contributed by atoms with van der Waals surface area (Å²) in [4.78, 5) is 11.1. The van der Waals surface area contributed by atoms with E-state index in [9.17, 15) is 23.1 Å². The van der Waals surface area contributed by atoms with Gasteiger partial charge >= 0.3 is 12.1 Å². The fourth-order valence-electron chi connectivity index (χ4n) is 1.29. The van der Waals surface area contributed by atoms with Gasteiger partial charge in [-0.05, 0) is 30.7 Å². The molecule has 3 nitrogen and oxygen atoms in total. The molecule has 0 unspecified atom stereocenters. The van der Waals surface area contributed by atoms with Gasteiger partial charge in [0.2, 0.25) is 0 Å². The van der Waals surface area contributed by atoms with Crippen LogP contribution in [-0.4, -0.2) is 23.8 Å². The summed E-state index contributed by atoms with van der Waals surface area (Å²) in [7, 11) is 0. The first-order valence-electron chi connectivity index (χ1n) is 5.54. The zero-order valence-corrected chi connectivity index (χ0v) is 10.1. The summed E-state index contributed by atoms with van der Waals surface area (Å²) in [5.74, 6) is -0.800. The lowest BCUT2D eigenvalue weighted by Gasteiger charge is -2.06. The number of esters is 1. The molecule has 1 rings (SSSR count). The second-order valence-corrected chi connectivity index (χ2v) is 3.68. The van der Waals surface area contributed by atoms with Crippen molar-refractivity contribution in [1.29, 1.82) is 0 Å². The molecule has 0 radical (unpaired) electrons. The van der Waals surface area contributed by atoms with E-state index in [0.29, 0.717) is 5.56 Å². The number of aliphatic hydroxyl groups excluding tert-OH is 1. The number of hydrogen-bond donors (Lipinski definition) is 1. The Morgan fingerprint density at radius 2 is 1.95 bits per heavy atom. The number of benzene rings is 1. The van der Waals surface area contributed by atoms with E-state index in [1.165, 1.54) is 18.2 Å². The minimum absolute atomic E-state index is 0.143. The molecule has 0 aliphatic rings. The normalized spacial score (nSPS) is 13.5. The summed E-state index contributed by atoms with van der Waals surface area (Å²) in [6.07, 6.45) is -3.31. The Morgan fingerprint density at radius 1 is 1.37 bits per heavy atom. The third kappa shape index (κ3) is 4.75. The summed E-state index contributed by atoms with van der Waals surface area (Å²) in [5, 5.41) is 9.35. The lowest BCUT2D eigenvalue weighted by molar-refractivity contribution is -0.150. The Hall–Kier alpha value is -1.82. The topological polar surface area (TPSA) is 46.5 Å². The van der Waals surface area contributed by atoms with Crippen molar-refractivity contribution in [3.05, 3.63) is 41.5 Å². The zero-order valence-electron chi connectivity index (χ0n) is 10.1. The van der Waals surface area contributed by atoms with Crippen LogP contribution < -0.4 is 0 Å². The van der Waals surface area contributed by atoms with E-state index in [2.05, 4.69) is 4.74 Å². The number of ether oxygens (including phenoxy) is 1. The second-order valence-electron chi connectivity index (χ2n) is 3.68. The molecule has 0 bridgehead atoms. The summed E-state index contributed by atoms with van der Waals surface area (Å²) in [5.41, 5.74) is -0.313. The molecule has 6 heteroatoms. The van der Waals surface area contributed by atoms with Crippen molar-refractivity contribution < 1.29 is 27.8 Å². The van der Waals surface area contributed by atoms with E-state index in [1.54, 1.807) is 6.92 Å². The number of alkyl halides is 3. The molecule has 1 aromatic rings. The average Bonchev–Trinajstić information content (AvgIpc) is 2.35. The van der Waals surface area contributed by atoms with Crippen molar-refractivity contribution >= 4 is 12.0 Å². The lowest BCUT2D eigenvalue weighted by atomic mass is 10.1. The van der Waals surface area contributed by atoms with E-state index in [-0.39, 0.29) is 6.61 Å². The highest BCUT2D eigenvalue weighted by Crippen LogP contribution is 2.29. The molecule has 1 N–H and O–H groups in total. The van der Waals surface area contributed by atoms with E-state index in [4.69, 9.17) is 0 Å². The summed E-state index contributed by atoms with van der Waals surface area (Å²) in [6.45, 7) is 1.74. The van der Waals surface area contributed by atoms with Gasteiger partial charge in [-0.1, -0.05) is 18.2 Å². The van der Waals surface area contributed by atoms with Gasteiger partial charge in [-0.15, -0.1) is 0 Å². The van der Waals surface area contributed by atoms with Gasteiger partial charge in [0, 0.05) is 0 Å². The Bertz CT molecular complexity index is 449. The van der Waals surface area contributed by atoms with E-state index >= 15 is 0 Å². The first-order chi connectivity index (χ1) is 8.84. The maximum Gasteiger partial charge on any atom is 0.416 e. The number of hydrogen-bond acceptors (Lipinski definition) is 3. The molecule has 19 heavy (non-hydrogen) atoms. The maximum atomic E-state index is 12.3. The van der Waals surface area contributed by atoms with Gasteiger partial charge in [-0.3, -0.25) is 0 Å². The summed E-state index contributed by atoms with van der Waals surface area (Å²) >= 11 is 0. The van der Waals surface area contributed by atoms with Crippen LogP contribution in [-0.2, 0) is 15.7 Å². The van der Waals surface area contributed by atoms with E-state index in [0.717, 1.165) is 18.2 Å². The highest BCUT2D eigenvalue weighted by Gasteiger charge is 2.29. The smallest absolute Gasteiger partial charge is 0.416 e. The standard InChI is InChI=1S/C13H13F3O3/c1-2-19-12(18)11(17)8-5-9-3-6-10(7-4-9)13(14,15)16/h3-8,11,17H,2H2,1H3/b8-5+/t11-/m1/s1. The zero-order chi connectivity index (χ0) is 14.5. The van der Waals surface area contributed by atoms with Crippen LogP contribution in [0.25, 0.3) is 6.08 Å². The predicted octanol–water partition coefficient (Wildman–Crippen LogP) is 2.64. The Morgan fingerprint density at radius 3 is 2.42 bits per heavy atom. The quantitative estimate of drug-likeness (QED) is 0.858. The lowest BCUT2D eigenvalue weighted by Crippen LogP contribution is -2.20. The number of halogens is 3. The Kier molecular flexibility index (Phi) is 5.11. The van der Waals surface area contributed by atoms with Crippen LogP contribution in [0.1, 0.15) is 18.1 Å². The fourth-order valence-corrected chi connectivity index (χ4v) is 1.29. The molecule has 0 saturated heterocycles. The summed E-state index contributed by atoms with van der Waals surface area (Å²) < 4.78 is 41.5. The van der Waals surface area contributed by atoms with Crippen molar-refractivity contribution in [2.24, 2.45) is 0 Å². The van der Waals surface area contributed by atoms with Crippen LogP contribution in [0, 0.1) is 0 Å². The van der Waals surface area contributed by atoms with E-state index in [1.807, 2.05) is 0 Å². The van der Waals surface area contributed by atoms with Crippen molar-refractivity contribution in [2.75, 3.05) is 6.61 Å². The van der Waals surface area contributed by atoms with Gasteiger partial charge in [0.05, 0.1) is 12.2 Å². The van der Waals surface area contributed by atoms with Crippen LogP contribution in [0.5, 0.6) is 0 Å². The highest BCUT2D eigenvalue weighted by atomic mass is 19.4. The third-order valence-corrected chi connectivity index (χ3v) is 2.24. The molecule has 0 saturated carbocycles. The molecule has 0 fully saturated rings. The monoisotopic (exact) mass is 274 g/mol.